The summed E-state index contributed by atoms with van der Waals surface area (Å²) in [6.07, 6.45) is 3.47. The number of rotatable bonds is 3. The van der Waals surface area contributed by atoms with Gasteiger partial charge in [-0.25, -0.2) is 0 Å². The van der Waals surface area contributed by atoms with Crippen LogP contribution in [0, 0.1) is 5.41 Å². The van der Waals surface area contributed by atoms with Gasteiger partial charge >= 0.3 is 0 Å². The number of benzene rings is 1. The lowest BCUT2D eigenvalue weighted by atomic mass is 9.34. The van der Waals surface area contributed by atoms with E-state index in [4.69, 9.17) is 4.74 Å². The third-order valence-corrected chi connectivity index (χ3v) is 4.16. The zero-order valence-corrected chi connectivity index (χ0v) is 8.99. The predicted octanol–water partition coefficient (Wildman–Crippen LogP) is 2.11. The first kappa shape index (κ1) is 9.22. The normalized spacial score (nSPS) is 36.7. The molecule has 0 unspecified atom stereocenters. The summed E-state index contributed by atoms with van der Waals surface area (Å²) in [5.74, 6) is 0.940. The average molecular weight is 204 g/mol. The molecule has 0 atom stereocenters. The van der Waals surface area contributed by atoms with E-state index in [9.17, 15) is 5.11 Å². The zero-order chi connectivity index (χ0) is 10.5. The van der Waals surface area contributed by atoms with Crippen LogP contribution < -0.4 is 4.74 Å². The van der Waals surface area contributed by atoms with Crippen molar-refractivity contribution in [1.82, 2.24) is 0 Å². The van der Waals surface area contributed by atoms with Crippen molar-refractivity contribution in [3.63, 3.8) is 0 Å². The first-order chi connectivity index (χ1) is 7.22. The van der Waals surface area contributed by atoms with Gasteiger partial charge in [0.1, 0.15) is 5.75 Å². The molecule has 1 N–H and O–H groups in total. The second-order valence-electron chi connectivity index (χ2n) is 5.20. The molecule has 0 aromatic heterocycles. The van der Waals surface area contributed by atoms with E-state index >= 15 is 0 Å². The molecular weight excluding hydrogens is 188 g/mol. The molecule has 3 aliphatic carbocycles. The van der Waals surface area contributed by atoms with Gasteiger partial charge in [-0.2, -0.15) is 0 Å². The number of aliphatic hydroxyl groups is 1. The predicted molar refractivity (Wildman–Crippen MR) is 58.0 cm³/mol. The fourth-order valence-corrected chi connectivity index (χ4v) is 3.42. The summed E-state index contributed by atoms with van der Waals surface area (Å²) in [7, 11) is 1.70. The lowest BCUT2D eigenvalue weighted by Gasteiger charge is -2.70. The molecule has 2 heteroatoms. The van der Waals surface area contributed by atoms with Crippen molar-refractivity contribution in [3.8, 4) is 5.75 Å². The van der Waals surface area contributed by atoms with Gasteiger partial charge in [-0.05, 0) is 47.8 Å². The van der Waals surface area contributed by atoms with Gasteiger partial charge in [-0.1, -0.05) is 12.1 Å². The Morgan fingerprint density at radius 2 is 2.07 bits per heavy atom. The SMILES string of the molecule is COc1cccc(C23CC(CO)(C2)C3)c1. The maximum absolute atomic E-state index is 9.22. The first-order valence-electron chi connectivity index (χ1n) is 5.47. The molecular formula is C13H16O2. The van der Waals surface area contributed by atoms with Crippen LogP contribution in [0.1, 0.15) is 24.8 Å². The molecule has 2 bridgehead atoms. The molecule has 2 nitrogen and oxygen atoms in total. The minimum atomic E-state index is 0.281. The van der Waals surface area contributed by atoms with E-state index in [1.54, 1.807) is 7.11 Å². The molecule has 3 aliphatic rings. The molecule has 0 aliphatic heterocycles. The molecule has 4 rings (SSSR count). The standard InChI is InChI=1S/C13H16O2/c1-15-11-4-2-3-10(5-11)13-6-12(7-13,8-13)9-14/h2-5,14H,6-9H2,1H3. The molecule has 0 spiro atoms. The summed E-state index contributed by atoms with van der Waals surface area (Å²) in [4.78, 5) is 0. The summed E-state index contributed by atoms with van der Waals surface area (Å²) in [5.41, 5.74) is 2.04. The van der Waals surface area contributed by atoms with Crippen molar-refractivity contribution in [1.29, 1.82) is 0 Å². The lowest BCUT2D eigenvalue weighted by molar-refractivity contribution is -0.167. The van der Waals surface area contributed by atoms with E-state index in [0.717, 1.165) is 25.0 Å². The Labute approximate surface area is 89.9 Å². The van der Waals surface area contributed by atoms with Crippen LogP contribution in [-0.2, 0) is 5.41 Å². The summed E-state index contributed by atoms with van der Waals surface area (Å²) in [6.45, 7) is 0.360. The smallest absolute Gasteiger partial charge is 0.119 e. The molecule has 0 amide bonds. The summed E-state index contributed by atoms with van der Waals surface area (Å²) < 4.78 is 5.24. The van der Waals surface area contributed by atoms with Crippen LogP contribution in [0.15, 0.2) is 24.3 Å². The fourth-order valence-electron chi connectivity index (χ4n) is 3.42. The fraction of sp³-hybridized carbons (Fsp3) is 0.538. The lowest BCUT2D eigenvalue weighted by Crippen LogP contribution is -2.66. The van der Waals surface area contributed by atoms with Gasteiger partial charge in [-0.3, -0.25) is 0 Å². The molecule has 80 valence electrons. The second kappa shape index (κ2) is 2.76. The zero-order valence-electron chi connectivity index (χ0n) is 8.99. The summed E-state index contributed by atoms with van der Waals surface area (Å²) >= 11 is 0. The van der Waals surface area contributed by atoms with Crippen LogP contribution in [0.25, 0.3) is 0 Å². The highest BCUT2D eigenvalue weighted by Gasteiger charge is 2.67. The Kier molecular flexibility index (Phi) is 1.70. The molecule has 3 saturated carbocycles. The van der Waals surface area contributed by atoms with E-state index in [0.29, 0.717) is 12.0 Å². The van der Waals surface area contributed by atoms with E-state index in [1.165, 1.54) is 5.56 Å². The van der Waals surface area contributed by atoms with Gasteiger partial charge in [0.15, 0.2) is 0 Å². The number of ether oxygens (including phenoxy) is 1. The Morgan fingerprint density at radius 3 is 2.67 bits per heavy atom. The van der Waals surface area contributed by atoms with Crippen molar-refractivity contribution in [2.75, 3.05) is 13.7 Å². The topological polar surface area (TPSA) is 29.5 Å². The summed E-state index contributed by atoms with van der Waals surface area (Å²) in [5, 5.41) is 9.22. The Balaban J connectivity index is 1.84. The van der Waals surface area contributed by atoms with Gasteiger partial charge in [0.05, 0.1) is 7.11 Å². The van der Waals surface area contributed by atoms with Crippen LogP contribution in [-0.4, -0.2) is 18.8 Å². The largest absolute Gasteiger partial charge is 0.497 e. The minimum absolute atomic E-state index is 0.281. The van der Waals surface area contributed by atoms with Crippen LogP contribution in [0.5, 0.6) is 5.75 Å². The number of aliphatic hydroxyl groups excluding tert-OH is 1. The van der Waals surface area contributed by atoms with Crippen molar-refractivity contribution in [3.05, 3.63) is 29.8 Å². The van der Waals surface area contributed by atoms with E-state index in [1.807, 2.05) is 6.07 Å². The summed E-state index contributed by atoms with van der Waals surface area (Å²) in [6, 6.07) is 8.36. The Morgan fingerprint density at radius 1 is 1.33 bits per heavy atom. The molecule has 1 aromatic carbocycles. The molecule has 0 saturated heterocycles. The quantitative estimate of drug-likeness (QED) is 0.817. The van der Waals surface area contributed by atoms with E-state index in [-0.39, 0.29) is 5.41 Å². The monoisotopic (exact) mass is 204 g/mol. The third kappa shape index (κ3) is 1.08. The van der Waals surface area contributed by atoms with Crippen molar-refractivity contribution in [2.24, 2.45) is 5.41 Å². The van der Waals surface area contributed by atoms with Crippen LogP contribution in [0.3, 0.4) is 0 Å². The van der Waals surface area contributed by atoms with Gasteiger partial charge < -0.3 is 9.84 Å². The second-order valence-corrected chi connectivity index (χ2v) is 5.20. The molecule has 1 aromatic rings. The Hall–Kier alpha value is -1.02. The van der Waals surface area contributed by atoms with Gasteiger partial charge in [0.25, 0.3) is 0 Å². The molecule has 0 radical (unpaired) electrons. The highest BCUT2D eigenvalue weighted by molar-refractivity contribution is 5.42. The van der Waals surface area contributed by atoms with E-state index < -0.39 is 0 Å². The molecule has 3 fully saturated rings. The molecule has 15 heavy (non-hydrogen) atoms. The molecule has 0 heterocycles. The van der Waals surface area contributed by atoms with Crippen molar-refractivity contribution >= 4 is 0 Å². The highest BCUT2D eigenvalue weighted by atomic mass is 16.5. The van der Waals surface area contributed by atoms with Crippen LogP contribution in [0.4, 0.5) is 0 Å². The maximum atomic E-state index is 9.22. The number of methoxy groups -OCH3 is 1. The highest BCUT2D eigenvalue weighted by Crippen LogP contribution is 2.73. The van der Waals surface area contributed by atoms with Gasteiger partial charge in [0, 0.05) is 6.61 Å². The number of hydrogen-bond acceptors (Lipinski definition) is 2. The van der Waals surface area contributed by atoms with Crippen molar-refractivity contribution < 1.29 is 9.84 Å². The van der Waals surface area contributed by atoms with Crippen LogP contribution in [0.2, 0.25) is 0 Å². The Bertz CT molecular complexity index is 378. The van der Waals surface area contributed by atoms with Gasteiger partial charge in [0.2, 0.25) is 0 Å². The third-order valence-electron chi connectivity index (χ3n) is 4.16. The first-order valence-corrected chi connectivity index (χ1v) is 5.47. The van der Waals surface area contributed by atoms with E-state index in [2.05, 4.69) is 18.2 Å². The average Bonchev–Trinajstić information content (AvgIpc) is 2.15. The van der Waals surface area contributed by atoms with Gasteiger partial charge in [-0.15, -0.1) is 0 Å². The minimum Gasteiger partial charge on any atom is -0.497 e. The maximum Gasteiger partial charge on any atom is 0.119 e. The van der Waals surface area contributed by atoms with Crippen molar-refractivity contribution in [2.45, 2.75) is 24.7 Å². The number of hydrogen-bond donors (Lipinski definition) is 1. The van der Waals surface area contributed by atoms with Crippen LogP contribution >= 0.6 is 0 Å².